The molecule has 0 rings (SSSR count). The van der Waals surface area contributed by atoms with Crippen molar-refractivity contribution in [2.24, 2.45) is 5.92 Å². The molecule has 3 atom stereocenters. The number of nitrogens with zero attached hydrogens (tertiary/aromatic N) is 1. The minimum absolute atomic E-state index is 0. The third-order valence-electron chi connectivity index (χ3n) is 2.88. The Bertz CT molecular complexity index is 153. The summed E-state index contributed by atoms with van der Waals surface area (Å²) in [5, 5.41) is 18.7. The molecule has 0 radical (unpaired) electrons. The molecule has 0 fully saturated rings. The van der Waals surface area contributed by atoms with Gasteiger partial charge in [-0.2, -0.15) is 0 Å². The predicted octanol–water partition coefficient (Wildman–Crippen LogP) is -2.15. The summed E-state index contributed by atoms with van der Waals surface area (Å²) in [5.41, 5.74) is 0. The van der Waals surface area contributed by atoms with Crippen molar-refractivity contribution in [2.45, 2.75) is 38.8 Å². The van der Waals surface area contributed by atoms with Gasteiger partial charge in [0.15, 0.2) is 0 Å². The lowest BCUT2D eigenvalue weighted by molar-refractivity contribution is -0.901. The molecule has 94 valence electrons. The largest absolute Gasteiger partial charge is 1.00 e. The van der Waals surface area contributed by atoms with Gasteiger partial charge < -0.3 is 31.7 Å². The van der Waals surface area contributed by atoms with Crippen LogP contribution in [0, 0.1) is 5.92 Å². The van der Waals surface area contributed by atoms with Gasteiger partial charge in [-0.15, -0.1) is 0 Å². The predicted molar refractivity (Wildman–Crippen MR) is 59.0 cm³/mol. The molecule has 0 aromatic heterocycles. The smallest absolute Gasteiger partial charge is 0.0959 e. The monoisotopic (exact) mass is 283 g/mol. The first kappa shape index (κ1) is 17.7. The summed E-state index contributed by atoms with van der Waals surface area (Å²) in [6.45, 7) is 4.11. The lowest BCUT2D eigenvalue weighted by Crippen LogP contribution is -3.00. The summed E-state index contributed by atoms with van der Waals surface area (Å²) in [5.74, 6) is 0.282. The van der Waals surface area contributed by atoms with Crippen LogP contribution in [0.15, 0.2) is 0 Å². The average molecular weight is 284 g/mol. The van der Waals surface area contributed by atoms with Crippen molar-refractivity contribution >= 4 is 0 Å². The minimum atomic E-state index is -0.294. The summed E-state index contributed by atoms with van der Waals surface area (Å²) in [6, 6.07) is 0.324. The number of aliphatic hydroxyl groups excluding tert-OH is 2. The number of halogens is 1. The van der Waals surface area contributed by atoms with Crippen LogP contribution in [-0.2, 0) is 0 Å². The Morgan fingerprint density at radius 2 is 1.67 bits per heavy atom. The van der Waals surface area contributed by atoms with Crippen LogP contribution in [0.1, 0.15) is 26.7 Å². The van der Waals surface area contributed by atoms with Gasteiger partial charge in [0.25, 0.3) is 0 Å². The molecule has 0 heterocycles. The lowest BCUT2D eigenvalue weighted by Gasteiger charge is -2.39. The van der Waals surface area contributed by atoms with Crippen molar-refractivity contribution in [3.63, 3.8) is 0 Å². The summed E-state index contributed by atoms with van der Waals surface area (Å²) in [4.78, 5) is 0. The van der Waals surface area contributed by atoms with Crippen LogP contribution >= 0.6 is 0 Å². The molecular weight excluding hydrogens is 258 g/mol. The summed E-state index contributed by atoms with van der Waals surface area (Å²) in [6.07, 6.45) is 1.42. The van der Waals surface area contributed by atoms with Crippen LogP contribution in [0.25, 0.3) is 0 Å². The van der Waals surface area contributed by atoms with Crippen LogP contribution in [0.3, 0.4) is 0 Å². The zero-order valence-corrected chi connectivity index (χ0v) is 12.2. The molecule has 0 aliphatic carbocycles. The standard InChI is InChI=1S/C11H26NO2.BrH/c1-6-10(8-13)11(7-9(2)14)12(3,4)5;/h9-11,13-14H,6-8H2,1-5H3;1H/q+1;/p-1. The Hall–Kier alpha value is 0.360. The number of quaternary nitrogens is 1. The fraction of sp³-hybridized carbons (Fsp3) is 1.00. The molecule has 0 saturated heterocycles. The third kappa shape index (κ3) is 6.51. The van der Waals surface area contributed by atoms with Crippen molar-refractivity contribution in [1.29, 1.82) is 0 Å². The molecule has 0 aliphatic rings. The van der Waals surface area contributed by atoms with Crippen LogP contribution in [0.5, 0.6) is 0 Å². The third-order valence-corrected chi connectivity index (χ3v) is 2.88. The van der Waals surface area contributed by atoms with Crippen molar-refractivity contribution in [1.82, 2.24) is 0 Å². The second kappa shape index (κ2) is 7.60. The Balaban J connectivity index is 0. The molecule has 0 saturated carbocycles. The molecule has 15 heavy (non-hydrogen) atoms. The highest BCUT2D eigenvalue weighted by Crippen LogP contribution is 2.21. The Morgan fingerprint density at radius 3 is 1.87 bits per heavy atom. The lowest BCUT2D eigenvalue weighted by atomic mass is 9.91. The van der Waals surface area contributed by atoms with Crippen LogP contribution in [-0.4, -0.2) is 54.6 Å². The van der Waals surface area contributed by atoms with E-state index in [1.807, 2.05) is 6.92 Å². The zero-order chi connectivity index (χ0) is 11.4. The van der Waals surface area contributed by atoms with Crippen LogP contribution in [0.2, 0.25) is 0 Å². The molecule has 0 aromatic carbocycles. The normalized spacial score (nSPS) is 17.8. The highest BCUT2D eigenvalue weighted by atomic mass is 79.9. The molecule has 4 heteroatoms. The topological polar surface area (TPSA) is 40.5 Å². The molecule has 2 N–H and O–H groups in total. The maximum Gasteiger partial charge on any atom is 0.0959 e. The maximum absolute atomic E-state index is 9.43. The Kier molecular flexibility index (Phi) is 9.00. The van der Waals surface area contributed by atoms with Crippen molar-refractivity contribution in [3.05, 3.63) is 0 Å². The van der Waals surface area contributed by atoms with Gasteiger partial charge in [0.2, 0.25) is 0 Å². The first-order valence-electron chi connectivity index (χ1n) is 5.43. The van der Waals surface area contributed by atoms with E-state index < -0.39 is 0 Å². The van der Waals surface area contributed by atoms with Crippen LogP contribution < -0.4 is 17.0 Å². The van der Waals surface area contributed by atoms with Gasteiger partial charge in [0.1, 0.15) is 0 Å². The van der Waals surface area contributed by atoms with Gasteiger partial charge in [-0.3, -0.25) is 0 Å². The average Bonchev–Trinajstić information content (AvgIpc) is 2.02. The van der Waals surface area contributed by atoms with E-state index in [1.165, 1.54) is 0 Å². The van der Waals surface area contributed by atoms with E-state index in [0.29, 0.717) is 6.04 Å². The fourth-order valence-electron chi connectivity index (χ4n) is 2.01. The zero-order valence-electron chi connectivity index (χ0n) is 10.6. The van der Waals surface area contributed by atoms with Crippen LogP contribution in [0.4, 0.5) is 0 Å². The van der Waals surface area contributed by atoms with Crippen molar-refractivity contribution in [2.75, 3.05) is 27.7 Å². The van der Waals surface area contributed by atoms with E-state index in [4.69, 9.17) is 0 Å². The number of hydrogen-bond donors (Lipinski definition) is 2. The van der Waals surface area contributed by atoms with E-state index >= 15 is 0 Å². The number of hydrogen-bond acceptors (Lipinski definition) is 2. The summed E-state index contributed by atoms with van der Waals surface area (Å²) >= 11 is 0. The van der Waals surface area contributed by atoms with Gasteiger partial charge in [0.05, 0.1) is 39.9 Å². The number of rotatable bonds is 6. The summed E-state index contributed by atoms with van der Waals surface area (Å²) in [7, 11) is 6.35. The minimum Gasteiger partial charge on any atom is -1.00 e. The second-order valence-electron chi connectivity index (χ2n) is 5.12. The van der Waals surface area contributed by atoms with E-state index in [2.05, 4.69) is 28.1 Å². The molecule has 0 aromatic rings. The highest BCUT2D eigenvalue weighted by molar-refractivity contribution is 4.71. The quantitative estimate of drug-likeness (QED) is 0.546. The molecule has 0 bridgehead atoms. The highest BCUT2D eigenvalue weighted by Gasteiger charge is 2.32. The maximum atomic E-state index is 9.43. The van der Waals surface area contributed by atoms with E-state index in [1.54, 1.807) is 0 Å². The first-order chi connectivity index (χ1) is 6.32. The van der Waals surface area contributed by atoms with Gasteiger partial charge in [-0.05, 0) is 13.3 Å². The van der Waals surface area contributed by atoms with E-state index in [0.717, 1.165) is 17.3 Å². The Labute approximate surface area is 104 Å². The molecule has 0 spiro atoms. The van der Waals surface area contributed by atoms with Crippen molar-refractivity contribution < 1.29 is 31.7 Å². The van der Waals surface area contributed by atoms with Crippen molar-refractivity contribution in [3.8, 4) is 0 Å². The van der Waals surface area contributed by atoms with Gasteiger partial charge >= 0.3 is 0 Å². The molecule has 0 aliphatic heterocycles. The molecular formula is C11H26BrNO2. The fourth-order valence-corrected chi connectivity index (χ4v) is 2.01. The number of aliphatic hydroxyl groups is 2. The molecule has 0 amide bonds. The molecule has 3 unspecified atom stereocenters. The van der Waals surface area contributed by atoms with Gasteiger partial charge in [-0.1, -0.05) is 6.92 Å². The van der Waals surface area contributed by atoms with E-state index in [-0.39, 0.29) is 35.6 Å². The second-order valence-corrected chi connectivity index (χ2v) is 5.12. The summed E-state index contributed by atoms with van der Waals surface area (Å²) < 4.78 is 0.796. The van der Waals surface area contributed by atoms with Gasteiger partial charge in [0, 0.05) is 12.3 Å². The SMILES string of the molecule is CCC(CO)C(CC(C)O)[N+](C)(C)C.[Br-]. The molecule has 3 nitrogen and oxygen atoms in total. The van der Waals surface area contributed by atoms with E-state index in [9.17, 15) is 10.2 Å². The Morgan fingerprint density at radius 1 is 1.20 bits per heavy atom. The first-order valence-corrected chi connectivity index (χ1v) is 5.43. The van der Waals surface area contributed by atoms with Gasteiger partial charge in [-0.25, -0.2) is 0 Å².